The fourth-order valence-corrected chi connectivity index (χ4v) is 6.43. The molecule has 0 saturated carbocycles. The molecular weight excluding hydrogens is 571 g/mol. The molecule has 2 aromatic carbocycles. The van der Waals surface area contributed by atoms with Crippen LogP contribution in [0.25, 0.3) is 0 Å². The van der Waals surface area contributed by atoms with Gasteiger partial charge in [-0.3, -0.25) is 25.1 Å². The standard InChI is InChI=1S/C29H32F3N5O6/c1-36-12-10-19(11-13-36)33-20-14-27(41-15-20)16-37(17-27)28(24(38)34-26(40)35-25(28)39)18-2-4-21(5-3-18)42-22-6-8-23(9-7-22)43-29(30,31)32/h2-9,19-20,33H,10-17H2,1H3,(H2,34,35,38,39,40). The second-order valence-electron chi connectivity index (χ2n) is 11.6. The Labute approximate surface area is 245 Å². The minimum Gasteiger partial charge on any atom is -0.457 e. The van der Waals surface area contributed by atoms with Gasteiger partial charge in [-0.2, -0.15) is 0 Å². The topological polar surface area (TPSA) is 121 Å². The Kier molecular flexibility index (Phi) is 7.57. The molecule has 1 atom stereocenters. The monoisotopic (exact) mass is 603 g/mol. The molecule has 1 unspecified atom stereocenters. The summed E-state index contributed by atoms with van der Waals surface area (Å²) < 4.78 is 53.1. The highest BCUT2D eigenvalue weighted by Crippen LogP contribution is 2.44. The molecule has 4 fully saturated rings. The number of alkyl halides is 3. The minimum absolute atomic E-state index is 0.174. The van der Waals surface area contributed by atoms with Crippen LogP contribution in [0.5, 0.6) is 17.2 Å². The van der Waals surface area contributed by atoms with E-state index in [2.05, 4.69) is 32.6 Å². The number of barbiturate groups is 1. The number of nitrogens with zero attached hydrogens (tertiary/aromatic N) is 2. The number of rotatable bonds is 7. The fraction of sp³-hybridized carbons (Fsp3) is 0.483. The van der Waals surface area contributed by atoms with Gasteiger partial charge in [0, 0.05) is 25.2 Å². The van der Waals surface area contributed by atoms with Crippen LogP contribution in [-0.4, -0.2) is 91.5 Å². The van der Waals surface area contributed by atoms with Gasteiger partial charge in [-0.15, -0.1) is 13.2 Å². The molecule has 11 nitrogen and oxygen atoms in total. The van der Waals surface area contributed by atoms with E-state index in [9.17, 15) is 27.6 Å². The molecular formula is C29H32F3N5O6. The van der Waals surface area contributed by atoms with Crippen molar-refractivity contribution >= 4 is 17.8 Å². The van der Waals surface area contributed by atoms with E-state index < -0.39 is 35.3 Å². The number of carbonyl (C=O) groups excluding carboxylic acids is 3. The molecule has 4 aliphatic rings. The van der Waals surface area contributed by atoms with E-state index in [0.29, 0.717) is 37.1 Å². The summed E-state index contributed by atoms with van der Waals surface area (Å²) in [7, 11) is 2.12. The fourth-order valence-electron chi connectivity index (χ4n) is 6.43. The highest BCUT2D eigenvalue weighted by Gasteiger charge is 2.64. The van der Waals surface area contributed by atoms with E-state index in [1.807, 2.05) is 0 Å². The first kappa shape index (κ1) is 29.4. The minimum atomic E-state index is -4.80. The van der Waals surface area contributed by atoms with Crippen molar-refractivity contribution in [2.24, 2.45) is 0 Å². The summed E-state index contributed by atoms with van der Waals surface area (Å²) in [5.74, 6) is -1.34. The SMILES string of the molecule is CN1CCC(NC2COC3(C2)CN(C2(c4ccc(Oc5ccc(OC(F)(F)F)cc5)cc4)C(=O)NC(=O)NC2=O)C3)CC1. The van der Waals surface area contributed by atoms with Crippen molar-refractivity contribution in [3.63, 3.8) is 0 Å². The lowest BCUT2D eigenvalue weighted by atomic mass is 9.77. The molecule has 0 bridgehead atoms. The zero-order valence-electron chi connectivity index (χ0n) is 23.4. The number of amides is 4. The molecule has 4 amide bonds. The van der Waals surface area contributed by atoms with Crippen LogP contribution in [0.2, 0.25) is 0 Å². The maximum atomic E-state index is 13.4. The predicted molar refractivity (Wildman–Crippen MR) is 145 cm³/mol. The van der Waals surface area contributed by atoms with Crippen molar-refractivity contribution in [3.8, 4) is 17.2 Å². The smallest absolute Gasteiger partial charge is 0.457 e. The van der Waals surface area contributed by atoms with E-state index in [0.717, 1.165) is 44.5 Å². The van der Waals surface area contributed by atoms with Gasteiger partial charge in [-0.05, 0) is 81.4 Å². The van der Waals surface area contributed by atoms with Gasteiger partial charge in [0.05, 0.1) is 12.2 Å². The van der Waals surface area contributed by atoms with Crippen molar-refractivity contribution in [2.45, 2.75) is 48.8 Å². The highest BCUT2D eigenvalue weighted by atomic mass is 19.4. The number of carbonyl (C=O) groups is 3. The number of piperidine rings is 1. The van der Waals surface area contributed by atoms with Gasteiger partial charge in [-0.1, -0.05) is 12.1 Å². The van der Waals surface area contributed by atoms with Gasteiger partial charge in [0.25, 0.3) is 11.8 Å². The first-order valence-electron chi connectivity index (χ1n) is 14.1. The van der Waals surface area contributed by atoms with Crippen LogP contribution in [0.1, 0.15) is 24.8 Å². The third-order valence-electron chi connectivity index (χ3n) is 8.51. The lowest BCUT2D eigenvalue weighted by Crippen LogP contribution is -2.78. The first-order chi connectivity index (χ1) is 20.4. The third-order valence-corrected chi connectivity index (χ3v) is 8.51. The summed E-state index contributed by atoms with van der Waals surface area (Å²) in [6, 6.07) is 10.8. The number of ether oxygens (including phenoxy) is 3. The molecule has 0 aromatic heterocycles. The van der Waals surface area contributed by atoms with E-state index in [1.54, 1.807) is 17.0 Å². The summed E-state index contributed by atoms with van der Waals surface area (Å²) in [6.07, 6.45) is -1.92. The lowest BCUT2D eigenvalue weighted by Gasteiger charge is -2.55. The van der Waals surface area contributed by atoms with Crippen LogP contribution in [0.3, 0.4) is 0 Å². The van der Waals surface area contributed by atoms with Crippen LogP contribution < -0.4 is 25.4 Å². The van der Waals surface area contributed by atoms with Gasteiger partial charge in [-0.25, -0.2) is 4.79 Å². The molecule has 4 heterocycles. The van der Waals surface area contributed by atoms with E-state index in [1.165, 1.54) is 24.3 Å². The molecule has 3 N–H and O–H groups in total. The summed E-state index contributed by atoms with van der Waals surface area (Å²) >= 11 is 0. The quantitative estimate of drug-likeness (QED) is 0.410. The number of halogens is 3. The third kappa shape index (κ3) is 5.92. The summed E-state index contributed by atoms with van der Waals surface area (Å²) in [4.78, 5) is 42.9. The molecule has 4 saturated heterocycles. The second-order valence-corrected chi connectivity index (χ2v) is 11.6. The van der Waals surface area contributed by atoms with Crippen molar-refractivity contribution in [1.82, 2.24) is 25.8 Å². The molecule has 230 valence electrons. The number of nitrogens with one attached hydrogen (secondary N) is 3. The number of hydrogen-bond donors (Lipinski definition) is 3. The Balaban J connectivity index is 1.15. The average Bonchev–Trinajstić information content (AvgIpc) is 3.35. The van der Waals surface area contributed by atoms with E-state index >= 15 is 0 Å². The van der Waals surface area contributed by atoms with E-state index in [4.69, 9.17) is 9.47 Å². The molecule has 43 heavy (non-hydrogen) atoms. The summed E-state index contributed by atoms with van der Waals surface area (Å²) in [5.41, 5.74) is -1.99. The van der Waals surface area contributed by atoms with Crippen LogP contribution in [0.15, 0.2) is 48.5 Å². The highest BCUT2D eigenvalue weighted by molar-refractivity contribution is 6.22. The van der Waals surface area contributed by atoms with Gasteiger partial charge >= 0.3 is 12.4 Å². The number of hydrogen-bond acceptors (Lipinski definition) is 9. The van der Waals surface area contributed by atoms with Gasteiger partial charge in [0.2, 0.25) is 5.54 Å². The molecule has 2 aromatic rings. The number of imide groups is 2. The predicted octanol–water partition coefficient (Wildman–Crippen LogP) is 2.47. The first-order valence-corrected chi connectivity index (χ1v) is 14.1. The van der Waals surface area contributed by atoms with Crippen LogP contribution in [-0.2, 0) is 19.9 Å². The van der Waals surface area contributed by atoms with Crippen LogP contribution >= 0.6 is 0 Å². The Bertz CT molecular complexity index is 1350. The normalized spacial score (nSPS) is 24.4. The maximum Gasteiger partial charge on any atom is 0.573 e. The van der Waals surface area contributed by atoms with Crippen LogP contribution in [0, 0.1) is 0 Å². The zero-order chi connectivity index (χ0) is 30.4. The number of urea groups is 1. The van der Waals surface area contributed by atoms with Crippen molar-refractivity contribution in [1.29, 1.82) is 0 Å². The number of benzene rings is 2. The Hall–Kier alpha value is -3.72. The van der Waals surface area contributed by atoms with Gasteiger partial charge in [0.15, 0.2) is 0 Å². The Morgan fingerprint density at radius 2 is 1.44 bits per heavy atom. The molecule has 14 heteroatoms. The Morgan fingerprint density at radius 3 is 2.02 bits per heavy atom. The van der Waals surface area contributed by atoms with Crippen molar-refractivity contribution in [3.05, 3.63) is 54.1 Å². The second kappa shape index (κ2) is 11.1. The molecule has 1 spiro atoms. The van der Waals surface area contributed by atoms with Gasteiger partial charge < -0.3 is 24.4 Å². The Morgan fingerprint density at radius 1 is 0.884 bits per heavy atom. The van der Waals surface area contributed by atoms with Crippen molar-refractivity contribution < 1.29 is 41.8 Å². The van der Waals surface area contributed by atoms with Crippen LogP contribution in [0.4, 0.5) is 18.0 Å². The molecule has 4 aliphatic heterocycles. The summed E-state index contributed by atoms with van der Waals surface area (Å²) in [5, 5.41) is 8.19. The summed E-state index contributed by atoms with van der Waals surface area (Å²) in [6.45, 7) is 3.27. The van der Waals surface area contributed by atoms with Crippen molar-refractivity contribution in [2.75, 3.05) is 39.8 Å². The maximum absolute atomic E-state index is 13.4. The van der Waals surface area contributed by atoms with Gasteiger partial charge in [0.1, 0.15) is 17.2 Å². The van der Waals surface area contributed by atoms with E-state index in [-0.39, 0.29) is 17.5 Å². The molecule has 6 rings (SSSR count). The lowest BCUT2D eigenvalue weighted by molar-refractivity contribution is -0.274. The largest absolute Gasteiger partial charge is 0.573 e. The molecule has 0 radical (unpaired) electrons. The number of likely N-dealkylation sites (tertiary alicyclic amines) is 2. The average molecular weight is 604 g/mol. The zero-order valence-corrected chi connectivity index (χ0v) is 23.4. The molecule has 0 aliphatic carbocycles.